The molecule has 0 radical (unpaired) electrons. The molecular weight excluding hydrogens is 340 g/mol. The van der Waals surface area contributed by atoms with Gasteiger partial charge in [0.15, 0.2) is 0 Å². The molecular formula is C22H36N2O3. The number of hydrogen-bond donors (Lipinski definition) is 2. The second-order valence-electron chi connectivity index (χ2n) is 8.41. The van der Waals surface area contributed by atoms with Gasteiger partial charge in [-0.1, -0.05) is 56.5 Å². The lowest BCUT2D eigenvalue weighted by Gasteiger charge is -2.32. The van der Waals surface area contributed by atoms with Gasteiger partial charge < -0.3 is 15.4 Å². The maximum absolute atomic E-state index is 12.3. The molecule has 1 aromatic carbocycles. The number of alkyl carbamates (subject to hydrolysis) is 1. The van der Waals surface area contributed by atoms with Crippen molar-refractivity contribution >= 4 is 12.0 Å². The number of aryl methyl sites for hydroxylation is 1. The molecule has 0 saturated carbocycles. The van der Waals surface area contributed by atoms with Crippen LogP contribution in [0, 0.1) is 0 Å². The Hall–Kier alpha value is -2.04. The number of hydrogen-bond acceptors (Lipinski definition) is 3. The van der Waals surface area contributed by atoms with E-state index in [-0.39, 0.29) is 5.91 Å². The van der Waals surface area contributed by atoms with Gasteiger partial charge in [-0.2, -0.15) is 0 Å². The Bertz CT molecular complexity index is 581. The first-order valence-corrected chi connectivity index (χ1v) is 9.95. The smallest absolute Gasteiger partial charge is 0.408 e. The van der Waals surface area contributed by atoms with E-state index in [4.69, 9.17) is 4.74 Å². The Kier molecular flexibility index (Phi) is 9.33. The van der Waals surface area contributed by atoms with Gasteiger partial charge in [0.1, 0.15) is 5.60 Å². The van der Waals surface area contributed by atoms with Crippen molar-refractivity contribution in [2.45, 2.75) is 84.3 Å². The molecule has 152 valence electrons. The van der Waals surface area contributed by atoms with E-state index >= 15 is 0 Å². The molecule has 0 saturated heterocycles. The van der Waals surface area contributed by atoms with Gasteiger partial charge in [0, 0.05) is 13.0 Å². The molecule has 0 heterocycles. The molecule has 0 fully saturated rings. The first-order chi connectivity index (χ1) is 12.6. The van der Waals surface area contributed by atoms with E-state index in [0.29, 0.717) is 19.4 Å². The van der Waals surface area contributed by atoms with Crippen molar-refractivity contribution in [1.29, 1.82) is 0 Å². The monoisotopic (exact) mass is 376 g/mol. The van der Waals surface area contributed by atoms with Crippen LogP contribution in [-0.4, -0.2) is 29.7 Å². The number of unbranched alkanes of at least 4 members (excludes halogenated alkanes) is 2. The molecule has 1 atom stereocenters. The summed E-state index contributed by atoms with van der Waals surface area (Å²) in [5.74, 6) is -0.00782. The Morgan fingerprint density at radius 3 is 2.30 bits per heavy atom. The zero-order valence-corrected chi connectivity index (χ0v) is 17.6. The third kappa shape index (κ3) is 10.6. The fourth-order valence-corrected chi connectivity index (χ4v) is 2.79. The summed E-state index contributed by atoms with van der Waals surface area (Å²) < 4.78 is 5.39. The number of rotatable bonds is 10. The van der Waals surface area contributed by atoms with E-state index in [1.165, 1.54) is 0 Å². The highest BCUT2D eigenvalue weighted by Gasteiger charge is 2.29. The van der Waals surface area contributed by atoms with Crippen molar-refractivity contribution in [1.82, 2.24) is 10.6 Å². The van der Waals surface area contributed by atoms with E-state index in [1.807, 2.05) is 58.0 Å². The average Bonchev–Trinajstić information content (AvgIpc) is 2.57. The van der Waals surface area contributed by atoms with Gasteiger partial charge in [-0.3, -0.25) is 4.79 Å². The van der Waals surface area contributed by atoms with Crippen molar-refractivity contribution < 1.29 is 14.3 Å². The Labute approximate surface area is 164 Å². The number of nitrogens with one attached hydrogen (secondary N) is 2. The van der Waals surface area contributed by atoms with Gasteiger partial charge in [-0.25, -0.2) is 4.79 Å². The second-order valence-corrected chi connectivity index (χ2v) is 8.41. The molecule has 5 nitrogen and oxygen atoms in total. The Balaban J connectivity index is 2.56. The van der Waals surface area contributed by atoms with E-state index in [2.05, 4.69) is 17.6 Å². The molecule has 0 aliphatic rings. The van der Waals surface area contributed by atoms with Gasteiger partial charge in [0.2, 0.25) is 5.91 Å². The van der Waals surface area contributed by atoms with E-state index in [1.54, 1.807) is 0 Å². The first kappa shape index (κ1) is 23.0. The standard InChI is InChI=1S/C22H36N2O3/c1-6-7-11-16-22(5,24-20(26)27-21(2,3)4)17-23-19(25)15-14-18-12-9-8-10-13-18/h8-10,12-13H,6-7,11,14-17H2,1-5H3,(H,23,25)(H,24,26). The molecule has 1 rings (SSSR count). The Morgan fingerprint density at radius 1 is 1.04 bits per heavy atom. The average molecular weight is 377 g/mol. The molecule has 0 aliphatic heterocycles. The highest BCUT2D eigenvalue weighted by Crippen LogP contribution is 2.16. The second kappa shape index (κ2) is 11.0. The quantitative estimate of drug-likeness (QED) is 0.587. The van der Waals surface area contributed by atoms with E-state index < -0.39 is 17.2 Å². The van der Waals surface area contributed by atoms with Gasteiger partial charge in [0.25, 0.3) is 0 Å². The number of benzene rings is 1. The van der Waals surface area contributed by atoms with Crippen LogP contribution in [0.25, 0.3) is 0 Å². The Morgan fingerprint density at radius 2 is 1.70 bits per heavy atom. The third-order valence-corrected chi connectivity index (χ3v) is 4.29. The molecule has 0 aromatic heterocycles. The van der Waals surface area contributed by atoms with Crippen molar-refractivity contribution in [3.05, 3.63) is 35.9 Å². The van der Waals surface area contributed by atoms with Crippen LogP contribution >= 0.6 is 0 Å². The number of amides is 2. The summed E-state index contributed by atoms with van der Waals surface area (Å²) in [5.41, 5.74) is 0.0676. The molecule has 27 heavy (non-hydrogen) atoms. The highest BCUT2D eigenvalue weighted by atomic mass is 16.6. The van der Waals surface area contributed by atoms with Crippen LogP contribution in [0.2, 0.25) is 0 Å². The van der Waals surface area contributed by atoms with E-state index in [0.717, 1.165) is 31.2 Å². The molecule has 0 bridgehead atoms. The summed E-state index contributed by atoms with van der Waals surface area (Å²) in [7, 11) is 0. The summed E-state index contributed by atoms with van der Waals surface area (Å²) in [6, 6.07) is 9.96. The minimum atomic E-state index is -0.548. The highest BCUT2D eigenvalue weighted by molar-refractivity contribution is 5.76. The minimum Gasteiger partial charge on any atom is -0.444 e. The molecule has 0 aliphatic carbocycles. The van der Waals surface area contributed by atoms with Crippen molar-refractivity contribution in [3.63, 3.8) is 0 Å². The van der Waals surface area contributed by atoms with Crippen LogP contribution in [0.15, 0.2) is 30.3 Å². The van der Waals surface area contributed by atoms with Crippen LogP contribution < -0.4 is 10.6 Å². The summed E-state index contributed by atoms with van der Waals surface area (Å²) >= 11 is 0. The maximum Gasteiger partial charge on any atom is 0.408 e. The summed E-state index contributed by atoms with van der Waals surface area (Å²) in [6.45, 7) is 10.0. The first-order valence-electron chi connectivity index (χ1n) is 9.95. The van der Waals surface area contributed by atoms with E-state index in [9.17, 15) is 9.59 Å². The molecule has 0 spiro atoms. The topological polar surface area (TPSA) is 67.4 Å². The SMILES string of the molecule is CCCCCC(C)(CNC(=O)CCc1ccccc1)NC(=O)OC(C)(C)C. The predicted octanol–water partition coefficient (Wildman–Crippen LogP) is 4.60. The maximum atomic E-state index is 12.3. The lowest BCUT2D eigenvalue weighted by atomic mass is 9.94. The van der Waals surface area contributed by atoms with Gasteiger partial charge in [-0.05, 0) is 46.1 Å². The largest absolute Gasteiger partial charge is 0.444 e. The van der Waals surface area contributed by atoms with Gasteiger partial charge in [-0.15, -0.1) is 0 Å². The van der Waals surface area contributed by atoms with Gasteiger partial charge in [0.05, 0.1) is 5.54 Å². The number of carbonyl (C=O) groups excluding carboxylic acids is 2. The molecule has 1 aromatic rings. The minimum absolute atomic E-state index is 0.00782. The molecule has 1 unspecified atom stereocenters. The fourth-order valence-electron chi connectivity index (χ4n) is 2.79. The van der Waals surface area contributed by atoms with Crippen molar-refractivity contribution in [2.75, 3.05) is 6.54 Å². The fraction of sp³-hybridized carbons (Fsp3) is 0.636. The summed E-state index contributed by atoms with van der Waals surface area (Å²) in [4.78, 5) is 24.5. The lowest BCUT2D eigenvalue weighted by molar-refractivity contribution is -0.121. The number of ether oxygens (including phenoxy) is 1. The van der Waals surface area contributed by atoms with Crippen LogP contribution in [0.5, 0.6) is 0 Å². The molecule has 2 amide bonds. The predicted molar refractivity (Wildman–Crippen MR) is 110 cm³/mol. The molecule has 2 N–H and O–H groups in total. The summed E-state index contributed by atoms with van der Waals surface area (Å²) in [5, 5.41) is 5.94. The lowest BCUT2D eigenvalue weighted by Crippen LogP contribution is -2.54. The zero-order chi connectivity index (χ0) is 20.3. The third-order valence-electron chi connectivity index (χ3n) is 4.29. The van der Waals surface area contributed by atoms with Gasteiger partial charge >= 0.3 is 6.09 Å². The number of carbonyl (C=O) groups is 2. The van der Waals surface area contributed by atoms with Crippen LogP contribution in [0.4, 0.5) is 4.79 Å². The van der Waals surface area contributed by atoms with Crippen molar-refractivity contribution in [2.24, 2.45) is 0 Å². The zero-order valence-electron chi connectivity index (χ0n) is 17.6. The van der Waals surface area contributed by atoms with Crippen LogP contribution in [0.1, 0.15) is 72.3 Å². The summed E-state index contributed by atoms with van der Waals surface area (Å²) in [6.07, 6.45) is 4.67. The normalized spacial score (nSPS) is 13.5. The van der Waals surface area contributed by atoms with Crippen molar-refractivity contribution in [3.8, 4) is 0 Å². The molecule has 5 heteroatoms. The van der Waals surface area contributed by atoms with Crippen LogP contribution in [0.3, 0.4) is 0 Å². The van der Waals surface area contributed by atoms with Crippen LogP contribution in [-0.2, 0) is 16.0 Å².